The van der Waals surface area contributed by atoms with Crippen molar-refractivity contribution in [3.8, 4) is 0 Å². The van der Waals surface area contributed by atoms with E-state index in [2.05, 4.69) is 61.2 Å². The number of likely N-dealkylation sites (tertiary alicyclic amines) is 1. The Hall–Kier alpha value is -2.17. The molecule has 0 unspecified atom stereocenters. The van der Waals surface area contributed by atoms with E-state index >= 15 is 0 Å². The number of rotatable bonds is 5. The molecule has 3 fully saturated rings. The predicted molar refractivity (Wildman–Crippen MR) is 119 cm³/mol. The van der Waals surface area contributed by atoms with Gasteiger partial charge in [0.15, 0.2) is 0 Å². The van der Waals surface area contributed by atoms with E-state index in [-0.39, 0.29) is 11.5 Å². The van der Waals surface area contributed by atoms with Crippen LogP contribution in [0.1, 0.15) is 39.9 Å². The summed E-state index contributed by atoms with van der Waals surface area (Å²) in [6.45, 7) is 4.72. The Bertz CT molecular complexity index is 938. The summed E-state index contributed by atoms with van der Waals surface area (Å²) in [5.74, 6) is 1.17. The number of hydrogen-bond donors (Lipinski definition) is 0. The number of benzene rings is 2. The lowest BCUT2D eigenvalue weighted by Gasteiger charge is -2.30. The fraction of sp³-hybridized carbons (Fsp3) is 0.500. The van der Waals surface area contributed by atoms with Crippen LogP contribution in [0.4, 0.5) is 0 Å². The molecule has 0 radical (unpaired) electrons. The van der Waals surface area contributed by atoms with Crippen LogP contribution >= 0.6 is 0 Å². The largest absolute Gasteiger partial charge is 0.369 e. The molecule has 2 bridgehead atoms. The molecule has 2 aromatic rings. The second kappa shape index (κ2) is 7.51. The van der Waals surface area contributed by atoms with E-state index in [9.17, 15) is 4.79 Å². The number of nitrogens with zero attached hydrogens (tertiary/aromatic N) is 2. The van der Waals surface area contributed by atoms with Crippen LogP contribution in [0.25, 0.3) is 0 Å². The van der Waals surface area contributed by atoms with Crippen molar-refractivity contribution in [2.45, 2.75) is 37.9 Å². The van der Waals surface area contributed by atoms with E-state index < -0.39 is 0 Å². The average Bonchev–Trinajstić information content (AvgIpc) is 3.39. The highest BCUT2D eigenvalue weighted by molar-refractivity contribution is 5.96. The molecule has 4 heteroatoms. The van der Waals surface area contributed by atoms with Gasteiger partial charge < -0.3 is 14.5 Å². The Morgan fingerprint density at radius 3 is 2.70 bits per heavy atom. The first-order chi connectivity index (χ1) is 14.4. The molecule has 0 aliphatic carbocycles. The Labute approximate surface area is 179 Å². The topological polar surface area (TPSA) is 32.8 Å². The number of fused-ring (bicyclic) bond motifs is 1. The number of amides is 1. The third-order valence-corrected chi connectivity index (χ3v) is 7.41. The molecule has 4 nitrogen and oxygen atoms in total. The summed E-state index contributed by atoms with van der Waals surface area (Å²) in [5, 5.41) is 0. The maximum Gasteiger partial charge on any atom is 0.254 e. The van der Waals surface area contributed by atoms with Gasteiger partial charge in [-0.05, 0) is 57.5 Å². The van der Waals surface area contributed by atoms with Gasteiger partial charge in [0.05, 0.1) is 18.2 Å². The summed E-state index contributed by atoms with van der Waals surface area (Å²) in [4.78, 5) is 17.9. The summed E-state index contributed by atoms with van der Waals surface area (Å²) in [6, 6.07) is 16.7. The van der Waals surface area contributed by atoms with Gasteiger partial charge in [-0.1, -0.05) is 48.0 Å². The molecule has 158 valence electrons. The molecule has 3 aliphatic heterocycles. The lowest BCUT2D eigenvalue weighted by molar-refractivity contribution is 0.00255. The van der Waals surface area contributed by atoms with Gasteiger partial charge in [0.1, 0.15) is 0 Å². The third kappa shape index (κ3) is 3.36. The van der Waals surface area contributed by atoms with E-state index in [0.29, 0.717) is 17.9 Å². The normalized spacial score (nSPS) is 29.6. The maximum absolute atomic E-state index is 13.6. The molecule has 30 heavy (non-hydrogen) atoms. The fourth-order valence-electron chi connectivity index (χ4n) is 5.99. The fourth-order valence-corrected chi connectivity index (χ4v) is 5.99. The highest BCUT2D eigenvalue weighted by Gasteiger charge is 2.63. The lowest BCUT2D eigenvalue weighted by atomic mass is 9.73. The molecule has 5 rings (SSSR count). The summed E-state index contributed by atoms with van der Waals surface area (Å²) in [6.07, 6.45) is 3.40. The summed E-state index contributed by atoms with van der Waals surface area (Å²) in [5.41, 5.74) is 4.34. The van der Waals surface area contributed by atoms with Gasteiger partial charge in [-0.3, -0.25) is 4.79 Å². The minimum Gasteiger partial charge on any atom is -0.369 e. The van der Waals surface area contributed by atoms with Crippen molar-refractivity contribution in [1.29, 1.82) is 0 Å². The van der Waals surface area contributed by atoms with Crippen molar-refractivity contribution in [3.05, 3.63) is 70.8 Å². The second-order valence-corrected chi connectivity index (χ2v) is 9.80. The molecule has 1 amide bonds. The Balaban J connectivity index is 1.37. The monoisotopic (exact) mass is 404 g/mol. The minimum absolute atomic E-state index is 0.104. The summed E-state index contributed by atoms with van der Waals surface area (Å²) >= 11 is 0. The van der Waals surface area contributed by atoms with E-state index in [4.69, 9.17) is 4.74 Å². The van der Waals surface area contributed by atoms with Crippen molar-refractivity contribution in [2.75, 3.05) is 33.7 Å². The van der Waals surface area contributed by atoms with Crippen molar-refractivity contribution >= 4 is 5.91 Å². The minimum atomic E-state index is -0.104. The van der Waals surface area contributed by atoms with E-state index in [1.165, 1.54) is 11.1 Å². The zero-order valence-electron chi connectivity index (χ0n) is 18.3. The van der Waals surface area contributed by atoms with E-state index in [0.717, 1.165) is 50.0 Å². The number of ether oxygens (including phenoxy) is 1. The van der Waals surface area contributed by atoms with Crippen LogP contribution in [0.2, 0.25) is 0 Å². The van der Waals surface area contributed by atoms with E-state index in [1.807, 2.05) is 18.2 Å². The SMILES string of the molecule is Cc1ccc(Cc2ccccc2C(=O)N2C[C@@H]3[C@H](CN(C)C)[C@H]4CC[C@]3(C2)O4)cc1. The van der Waals surface area contributed by atoms with Crippen LogP contribution in [-0.4, -0.2) is 61.1 Å². The highest BCUT2D eigenvalue weighted by atomic mass is 16.5. The first-order valence-electron chi connectivity index (χ1n) is 11.2. The maximum atomic E-state index is 13.6. The van der Waals surface area contributed by atoms with Crippen LogP contribution in [0.5, 0.6) is 0 Å². The standard InChI is InChI=1S/C26H32N2O2/c1-18-8-10-19(11-9-18)14-20-6-4-5-7-21(20)25(29)28-16-23-22(15-27(2)3)24-12-13-26(23,17-28)30-24/h4-11,22-24H,12-17H2,1-3H3/t22-,23+,24+,26+/m0/s1. The lowest BCUT2D eigenvalue weighted by Crippen LogP contribution is -2.40. The zero-order valence-corrected chi connectivity index (χ0v) is 18.3. The van der Waals surface area contributed by atoms with Gasteiger partial charge in [0, 0.05) is 30.5 Å². The Kier molecular flexibility index (Phi) is 4.95. The first kappa shape index (κ1) is 19.8. The summed E-state index contributed by atoms with van der Waals surface area (Å²) < 4.78 is 6.53. The highest BCUT2D eigenvalue weighted by Crippen LogP contribution is 2.55. The molecule has 3 heterocycles. The average molecular weight is 405 g/mol. The Morgan fingerprint density at radius 2 is 1.93 bits per heavy atom. The molecule has 2 aromatic carbocycles. The van der Waals surface area contributed by atoms with Crippen molar-refractivity contribution < 1.29 is 9.53 Å². The smallest absolute Gasteiger partial charge is 0.254 e. The molecule has 0 saturated carbocycles. The zero-order chi connectivity index (χ0) is 20.9. The Morgan fingerprint density at radius 1 is 1.17 bits per heavy atom. The van der Waals surface area contributed by atoms with Crippen molar-refractivity contribution in [1.82, 2.24) is 9.80 Å². The van der Waals surface area contributed by atoms with Gasteiger partial charge >= 0.3 is 0 Å². The molecule has 3 saturated heterocycles. The van der Waals surface area contributed by atoms with Crippen molar-refractivity contribution in [3.63, 3.8) is 0 Å². The molecular formula is C26H32N2O2. The first-order valence-corrected chi connectivity index (χ1v) is 11.2. The number of carbonyl (C=O) groups is 1. The predicted octanol–water partition coefficient (Wildman–Crippen LogP) is 3.77. The number of carbonyl (C=O) groups excluding carboxylic acids is 1. The molecule has 0 N–H and O–H groups in total. The van der Waals surface area contributed by atoms with Gasteiger partial charge in [-0.15, -0.1) is 0 Å². The van der Waals surface area contributed by atoms with Crippen LogP contribution < -0.4 is 0 Å². The quantitative estimate of drug-likeness (QED) is 0.761. The summed E-state index contributed by atoms with van der Waals surface area (Å²) in [7, 11) is 4.27. The van der Waals surface area contributed by atoms with Crippen LogP contribution in [0, 0.1) is 18.8 Å². The van der Waals surface area contributed by atoms with Gasteiger partial charge in [-0.25, -0.2) is 0 Å². The third-order valence-electron chi connectivity index (χ3n) is 7.41. The van der Waals surface area contributed by atoms with Crippen LogP contribution in [-0.2, 0) is 11.2 Å². The molecule has 4 atom stereocenters. The van der Waals surface area contributed by atoms with Crippen LogP contribution in [0.15, 0.2) is 48.5 Å². The van der Waals surface area contributed by atoms with Crippen LogP contribution in [0.3, 0.4) is 0 Å². The van der Waals surface area contributed by atoms with Crippen molar-refractivity contribution in [2.24, 2.45) is 11.8 Å². The second-order valence-electron chi connectivity index (χ2n) is 9.80. The number of aryl methyl sites for hydroxylation is 1. The molecular weight excluding hydrogens is 372 g/mol. The molecule has 3 aliphatic rings. The van der Waals surface area contributed by atoms with E-state index in [1.54, 1.807) is 0 Å². The molecule has 1 spiro atoms. The molecule has 0 aromatic heterocycles. The van der Waals surface area contributed by atoms with Gasteiger partial charge in [0.25, 0.3) is 5.91 Å². The number of hydrogen-bond acceptors (Lipinski definition) is 3. The van der Waals surface area contributed by atoms with Gasteiger partial charge in [-0.2, -0.15) is 0 Å². The van der Waals surface area contributed by atoms with Gasteiger partial charge in [0.2, 0.25) is 0 Å².